The van der Waals surface area contributed by atoms with Gasteiger partial charge >= 0.3 is 0 Å². The van der Waals surface area contributed by atoms with Crippen LogP contribution in [0.2, 0.25) is 0 Å². The van der Waals surface area contributed by atoms with Crippen molar-refractivity contribution in [3.63, 3.8) is 0 Å². The molecule has 19 heavy (non-hydrogen) atoms. The number of halogens is 1. The topological polar surface area (TPSA) is 92.4 Å². The number of rotatable bonds is 5. The first-order valence-corrected chi connectivity index (χ1v) is 8.23. The minimum Gasteiger partial charge on any atom is -0.398 e. The van der Waals surface area contributed by atoms with Gasteiger partial charge in [-0.3, -0.25) is 0 Å². The second kappa shape index (κ2) is 5.05. The van der Waals surface area contributed by atoms with E-state index in [0.717, 1.165) is 12.8 Å². The van der Waals surface area contributed by atoms with Gasteiger partial charge in [0.15, 0.2) is 0 Å². The summed E-state index contributed by atoms with van der Waals surface area (Å²) in [6.07, 6.45) is 1.71. The van der Waals surface area contributed by atoms with Crippen LogP contribution in [0.5, 0.6) is 0 Å². The lowest BCUT2D eigenvalue weighted by Crippen LogP contribution is -2.32. The summed E-state index contributed by atoms with van der Waals surface area (Å²) < 4.78 is 27.7. The maximum atomic E-state index is 12.3. The molecule has 0 amide bonds. The quantitative estimate of drug-likeness (QED) is 0.701. The maximum absolute atomic E-state index is 12.3. The van der Waals surface area contributed by atoms with E-state index >= 15 is 0 Å². The van der Waals surface area contributed by atoms with Crippen molar-refractivity contribution in [1.82, 2.24) is 4.72 Å². The van der Waals surface area contributed by atoms with Gasteiger partial charge in [0.1, 0.15) is 0 Å². The molecule has 0 unspecified atom stereocenters. The van der Waals surface area contributed by atoms with Crippen LogP contribution in [0, 0.1) is 12.3 Å². The van der Waals surface area contributed by atoms with Gasteiger partial charge in [-0.25, -0.2) is 13.1 Å². The fraction of sp³-hybridized carbons (Fsp3) is 0.500. The Bertz CT molecular complexity index is 597. The van der Waals surface area contributed by atoms with E-state index in [-0.39, 0.29) is 23.5 Å². The molecule has 1 aliphatic carbocycles. The van der Waals surface area contributed by atoms with Crippen LogP contribution in [-0.4, -0.2) is 26.7 Å². The van der Waals surface area contributed by atoms with Crippen LogP contribution in [0.25, 0.3) is 0 Å². The highest BCUT2D eigenvalue weighted by Gasteiger charge is 2.42. The van der Waals surface area contributed by atoms with Crippen molar-refractivity contribution in [3.8, 4) is 0 Å². The van der Waals surface area contributed by atoms with E-state index < -0.39 is 10.0 Å². The number of nitrogen functional groups attached to an aromatic ring is 1. The Balaban J connectivity index is 2.25. The van der Waals surface area contributed by atoms with Gasteiger partial charge in [-0.15, -0.1) is 0 Å². The Morgan fingerprint density at radius 1 is 1.47 bits per heavy atom. The second-order valence-corrected chi connectivity index (χ2v) is 7.75. The molecule has 2 rings (SSSR count). The highest BCUT2D eigenvalue weighted by molar-refractivity contribution is 9.10. The van der Waals surface area contributed by atoms with Gasteiger partial charge in [-0.1, -0.05) is 15.9 Å². The predicted octanol–water partition coefficient (Wildman–Crippen LogP) is 1.39. The molecule has 5 nitrogen and oxygen atoms in total. The lowest BCUT2D eigenvalue weighted by molar-refractivity contribution is 0.213. The molecule has 0 aromatic heterocycles. The highest BCUT2D eigenvalue weighted by atomic mass is 79.9. The van der Waals surface area contributed by atoms with Crippen LogP contribution in [0.3, 0.4) is 0 Å². The van der Waals surface area contributed by atoms with E-state index in [4.69, 9.17) is 5.73 Å². The molecule has 1 aromatic carbocycles. The zero-order chi connectivity index (χ0) is 14.3. The average molecular weight is 349 g/mol. The average Bonchev–Trinajstić information content (AvgIpc) is 3.12. The molecule has 106 valence electrons. The van der Waals surface area contributed by atoms with Crippen molar-refractivity contribution in [2.24, 2.45) is 5.41 Å². The van der Waals surface area contributed by atoms with E-state index in [1.807, 2.05) is 0 Å². The van der Waals surface area contributed by atoms with E-state index in [1.54, 1.807) is 13.0 Å². The molecular formula is C12H17BrN2O3S. The number of nitrogens with one attached hydrogen (secondary N) is 1. The predicted molar refractivity (Wildman–Crippen MR) is 77.2 cm³/mol. The van der Waals surface area contributed by atoms with Crippen LogP contribution in [0.4, 0.5) is 5.69 Å². The molecule has 0 bridgehead atoms. The summed E-state index contributed by atoms with van der Waals surface area (Å²) in [5, 5.41) is 9.20. The number of aliphatic hydroxyl groups is 1. The third-order valence-electron chi connectivity index (χ3n) is 3.58. The van der Waals surface area contributed by atoms with Gasteiger partial charge in [0, 0.05) is 28.7 Å². The molecule has 1 aliphatic rings. The Morgan fingerprint density at radius 2 is 2.11 bits per heavy atom. The number of nitrogens with two attached hydrogens (primary N) is 1. The van der Waals surface area contributed by atoms with Crippen LogP contribution in [0.15, 0.2) is 21.5 Å². The van der Waals surface area contributed by atoms with E-state index in [9.17, 15) is 13.5 Å². The lowest BCUT2D eigenvalue weighted by Gasteiger charge is -2.15. The Labute approximate surface area is 121 Å². The molecule has 0 aliphatic heterocycles. The largest absolute Gasteiger partial charge is 0.398 e. The molecule has 0 saturated heterocycles. The van der Waals surface area contributed by atoms with Crippen LogP contribution in [-0.2, 0) is 10.0 Å². The summed E-state index contributed by atoms with van der Waals surface area (Å²) in [4.78, 5) is 0.174. The fourth-order valence-electron chi connectivity index (χ4n) is 1.85. The van der Waals surface area contributed by atoms with Crippen molar-refractivity contribution < 1.29 is 13.5 Å². The molecule has 1 saturated carbocycles. The van der Waals surface area contributed by atoms with Gasteiger partial charge in [-0.05, 0) is 37.5 Å². The Kier molecular flexibility index (Phi) is 3.92. The fourth-order valence-corrected chi connectivity index (χ4v) is 3.93. The summed E-state index contributed by atoms with van der Waals surface area (Å²) in [5.41, 5.74) is 6.47. The van der Waals surface area contributed by atoms with Gasteiger partial charge in [0.25, 0.3) is 0 Å². The zero-order valence-electron chi connectivity index (χ0n) is 10.6. The highest BCUT2D eigenvalue weighted by Crippen LogP contribution is 2.44. The van der Waals surface area contributed by atoms with Gasteiger partial charge in [-0.2, -0.15) is 0 Å². The van der Waals surface area contributed by atoms with Crippen molar-refractivity contribution in [1.29, 1.82) is 0 Å². The Hall–Kier alpha value is -0.630. The summed E-state index contributed by atoms with van der Waals surface area (Å²) in [6.45, 7) is 1.95. The first-order chi connectivity index (χ1) is 8.80. The van der Waals surface area contributed by atoms with Gasteiger partial charge < -0.3 is 10.8 Å². The SMILES string of the molecule is Cc1c(N)cc(Br)cc1S(=O)(=O)NCC1(CO)CC1. The molecule has 0 radical (unpaired) electrons. The smallest absolute Gasteiger partial charge is 0.240 e. The van der Waals surface area contributed by atoms with E-state index in [2.05, 4.69) is 20.7 Å². The minimum absolute atomic E-state index is 0.00905. The monoisotopic (exact) mass is 348 g/mol. The summed E-state index contributed by atoms with van der Waals surface area (Å²) >= 11 is 3.24. The van der Waals surface area contributed by atoms with Crippen molar-refractivity contribution >= 4 is 31.6 Å². The third-order valence-corrected chi connectivity index (χ3v) is 5.57. The summed E-state index contributed by atoms with van der Waals surface area (Å²) in [7, 11) is -3.61. The molecule has 0 atom stereocenters. The molecule has 1 fully saturated rings. The number of hydrogen-bond donors (Lipinski definition) is 3. The van der Waals surface area contributed by atoms with Crippen molar-refractivity contribution in [2.45, 2.75) is 24.7 Å². The van der Waals surface area contributed by atoms with E-state index in [1.165, 1.54) is 6.07 Å². The number of hydrogen-bond acceptors (Lipinski definition) is 4. The second-order valence-electron chi connectivity index (χ2n) is 5.10. The normalized spacial score (nSPS) is 17.4. The molecule has 0 heterocycles. The lowest BCUT2D eigenvalue weighted by atomic mass is 10.1. The summed E-state index contributed by atoms with van der Waals surface area (Å²) in [5.74, 6) is 0. The van der Waals surface area contributed by atoms with Crippen molar-refractivity contribution in [3.05, 3.63) is 22.2 Å². The zero-order valence-corrected chi connectivity index (χ0v) is 13.0. The number of sulfonamides is 1. The first kappa shape index (κ1) is 14.8. The minimum atomic E-state index is -3.61. The molecular weight excluding hydrogens is 332 g/mol. The first-order valence-electron chi connectivity index (χ1n) is 5.96. The van der Waals surface area contributed by atoms with Crippen LogP contribution in [0.1, 0.15) is 18.4 Å². The third kappa shape index (κ3) is 3.10. The van der Waals surface area contributed by atoms with Gasteiger partial charge in [0.2, 0.25) is 10.0 Å². The van der Waals surface area contributed by atoms with Crippen molar-refractivity contribution in [2.75, 3.05) is 18.9 Å². The summed E-state index contributed by atoms with van der Waals surface area (Å²) in [6, 6.07) is 3.21. The standard InChI is InChI=1S/C12H17BrN2O3S/c1-8-10(14)4-9(13)5-11(8)19(17,18)15-6-12(7-16)2-3-12/h4-5,15-16H,2-3,6-7,14H2,1H3. The van der Waals surface area contributed by atoms with Crippen LogP contribution < -0.4 is 10.5 Å². The molecule has 7 heteroatoms. The number of anilines is 1. The number of benzene rings is 1. The Morgan fingerprint density at radius 3 is 2.63 bits per heavy atom. The molecule has 0 spiro atoms. The molecule has 4 N–H and O–H groups in total. The van der Waals surface area contributed by atoms with E-state index in [0.29, 0.717) is 15.7 Å². The van der Waals surface area contributed by atoms with Crippen LogP contribution >= 0.6 is 15.9 Å². The molecule has 1 aromatic rings. The maximum Gasteiger partial charge on any atom is 0.240 e. The van der Waals surface area contributed by atoms with Gasteiger partial charge in [0.05, 0.1) is 4.90 Å². The number of aliphatic hydroxyl groups excluding tert-OH is 1.